The number of fused-ring (bicyclic) bond motifs is 1. The number of aromatic nitrogens is 2. The Kier molecular flexibility index (Phi) is 2.37. The van der Waals surface area contributed by atoms with E-state index in [9.17, 15) is 4.39 Å². The van der Waals surface area contributed by atoms with Crippen molar-refractivity contribution < 1.29 is 4.39 Å². The minimum absolute atomic E-state index is 0.248. The second-order valence-corrected chi connectivity index (χ2v) is 4.02. The lowest BCUT2D eigenvalue weighted by atomic mass is 10.2. The molecule has 0 bridgehead atoms. The normalized spacial score (nSPS) is 10.9. The Morgan fingerprint density at radius 3 is 2.71 bits per heavy atom. The number of hydrogen-bond donors (Lipinski definition) is 0. The average Bonchev–Trinajstić information content (AvgIpc) is 2.71. The molecule has 0 aliphatic rings. The van der Waals surface area contributed by atoms with Crippen molar-refractivity contribution in [2.45, 2.75) is 6.54 Å². The molecule has 17 heavy (non-hydrogen) atoms. The van der Waals surface area contributed by atoms with E-state index >= 15 is 0 Å². The van der Waals surface area contributed by atoms with Crippen LogP contribution in [0.1, 0.15) is 5.56 Å². The summed E-state index contributed by atoms with van der Waals surface area (Å²) in [6.45, 7) is 0.705. The van der Waals surface area contributed by atoms with Gasteiger partial charge >= 0.3 is 0 Å². The molecule has 0 aliphatic carbocycles. The molecule has 0 saturated carbocycles. The second-order valence-electron chi connectivity index (χ2n) is 4.02. The van der Waals surface area contributed by atoms with Gasteiger partial charge in [-0.1, -0.05) is 30.3 Å². The van der Waals surface area contributed by atoms with Crippen molar-refractivity contribution in [1.29, 1.82) is 0 Å². The maximum atomic E-state index is 13.0. The minimum Gasteiger partial charge on any atom is -0.267 e. The molecule has 0 fully saturated rings. The molecule has 0 radical (unpaired) electrons. The first-order valence-electron chi connectivity index (χ1n) is 5.48. The van der Waals surface area contributed by atoms with Crippen molar-refractivity contribution in [2.24, 2.45) is 0 Å². The topological polar surface area (TPSA) is 17.8 Å². The largest absolute Gasteiger partial charge is 0.267 e. The molecule has 2 nitrogen and oxygen atoms in total. The Hall–Kier alpha value is -2.16. The highest BCUT2D eigenvalue weighted by Gasteiger charge is 2.02. The number of halogens is 1. The van der Waals surface area contributed by atoms with Gasteiger partial charge in [-0.05, 0) is 17.7 Å². The molecular formula is C14H11FN2. The Balaban J connectivity index is 1.96. The maximum Gasteiger partial charge on any atom is 0.125 e. The van der Waals surface area contributed by atoms with Gasteiger partial charge in [0.25, 0.3) is 0 Å². The first kappa shape index (κ1) is 10.0. The highest BCUT2D eigenvalue weighted by molar-refractivity contribution is 5.77. The summed E-state index contributed by atoms with van der Waals surface area (Å²) in [5.41, 5.74) is 1.88. The van der Waals surface area contributed by atoms with Crippen LogP contribution in [-0.2, 0) is 6.54 Å². The summed E-state index contributed by atoms with van der Waals surface area (Å²) < 4.78 is 14.9. The summed E-state index contributed by atoms with van der Waals surface area (Å²) in [4.78, 5) is 0. The smallest absolute Gasteiger partial charge is 0.125 e. The zero-order valence-corrected chi connectivity index (χ0v) is 9.18. The zero-order valence-electron chi connectivity index (χ0n) is 9.18. The van der Waals surface area contributed by atoms with E-state index in [2.05, 4.69) is 5.10 Å². The van der Waals surface area contributed by atoms with E-state index in [1.165, 1.54) is 17.7 Å². The summed E-state index contributed by atoms with van der Waals surface area (Å²) in [7, 11) is 0. The van der Waals surface area contributed by atoms with Crippen LogP contribution >= 0.6 is 0 Å². The van der Waals surface area contributed by atoms with E-state index in [4.69, 9.17) is 0 Å². The van der Waals surface area contributed by atoms with Gasteiger partial charge in [-0.2, -0.15) is 5.10 Å². The minimum atomic E-state index is -0.248. The molecule has 0 amide bonds. The Bertz CT molecular complexity index is 644. The lowest BCUT2D eigenvalue weighted by Crippen LogP contribution is -1.99. The van der Waals surface area contributed by atoms with E-state index in [0.29, 0.717) is 12.1 Å². The van der Waals surface area contributed by atoms with E-state index in [0.717, 1.165) is 5.39 Å². The molecule has 0 unspecified atom stereocenters. The summed E-state index contributed by atoms with van der Waals surface area (Å²) >= 11 is 0. The number of nitrogens with zero attached hydrogens (tertiary/aromatic N) is 2. The third-order valence-electron chi connectivity index (χ3n) is 2.70. The van der Waals surface area contributed by atoms with Gasteiger partial charge in [0.05, 0.1) is 12.1 Å². The van der Waals surface area contributed by atoms with Gasteiger partial charge in [0.15, 0.2) is 0 Å². The predicted octanol–water partition coefficient (Wildman–Crippen LogP) is 3.22. The van der Waals surface area contributed by atoms with Gasteiger partial charge in [0.1, 0.15) is 5.82 Å². The van der Waals surface area contributed by atoms with Crippen molar-refractivity contribution in [2.75, 3.05) is 0 Å². The Morgan fingerprint density at radius 1 is 1.06 bits per heavy atom. The van der Waals surface area contributed by atoms with Crippen LogP contribution in [0.4, 0.5) is 4.39 Å². The highest BCUT2D eigenvalue weighted by Crippen LogP contribution is 2.14. The second kappa shape index (κ2) is 4.01. The van der Waals surface area contributed by atoms with Gasteiger partial charge in [0, 0.05) is 17.6 Å². The fourth-order valence-electron chi connectivity index (χ4n) is 1.89. The SMILES string of the molecule is Fc1ccc2cn(Cc3ccccc3)nc2c1. The first-order chi connectivity index (χ1) is 8.31. The predicted molar refractivity (Wildman–Crippen MR) is 65.2 cm³/mol. The number of benzene rings is 2. The van der Waals surface area contributed by atoms with Crippen molar-refractivity contribution in [1.82, 2.24) is 9.78 Å². The van der Waals surface area contributed by atoms with Gasteiger partial charge in [0.2, 0.25) is 0 Å². The molecule has 0 aliphatic heterocycles. The van der Waals surface area contributed by atoms with Gasteiger partial charge in [-0.15, -0.1) is 0 Å². The molecule has 1 heterocycles. The summed E-state index contributed by atoms with van der Waals surface area (Å²) in [6, 6.07) is 14.7. The van der Waals surface area contributed by atoms with Crippen LogP contribution in [0.5, 0.6) is 0 Å². The van der Waals surface area contributed by atoms with Crippen LogP contribution < -0.4 is 0 Å². The average molecular weight is 226 g/mol. The van der Waals surface area contributed by atoms with Gasteiger partial charge < -0.3 is 0 Å². The molecule has 3 rings (SSSR count). The van der Waals surface area contributed by atoms with Crippen LogP contribution in [0.2, 0.25) is 0 Å². The molecule has 0 N–H and O–H groups in total. The van der Waals surface area contributed by atoms with E-state index < -0.39 is 0 Å². The summed E-state index contributed by atoms with van der Waals surface area (Å²) in [6.07, 6.45) is 1.93. The first-order valence-corrected chi connectivity index (χ1v) is 5.48. The molecule has 3 aromatic rings. The number of hydrogen-bond acceptors (Lipinski definition) is 1. The Morgan fingerprint density at radius 2 is 1.88 bits per heavy atom. The maximum absolute atomic E-state index is 13.0. The third kappa shape index (κ3) is 2.04. The van der Waals surface area contributed by atoms with Crippen LogP contribution in [-0.4, -0.2) is 9.78 Å². The van der Waals surface area contributed by atoms with Crippen LogP contribution in [0.25, 0.3) is 10.9 Å². The fraction of sp³-hybridized carbons (Fsp3) is 0.0714. The van der Waals surface area contributed by atoms with Crippen molar-refractivity contribution in [3.8, 4) is 0 Å². The molecule has 0 spiro atoms. The number of rotatable bonds is 2. The molecule has 0 atom stereocenters. The lowest BCUT2D eigenvalue weighted by Gasteiger charge is -2.00. The standard InChI is InChI=1S/C14H11FN2/c15-13-7-6-12-10-17(16-14(12)8-13)9-11-4-2-1-3-5-11/h1-8,10H,9H2. The van der Waals surface area contributed by atoms with Crippen LogP contribution in [0.15, 0.2) is 54.7 Å². The molecular weight excluding hydrogens is 215 g/mol. The third-order valence-corrected chi connectivity index (χ3v) is 2.70. The summed E-state index contributed by atoms with van der Waals surface area (Å²) in [5, 5.41) is 5.31. The van der Waals surface area contributed by atoms with Gasteiger partial charge in [-0.25, -0.2) is 4.39 Å². The van der Waals surface area contributed by atoms with Crippen molar-refractivity contribution >= 4 is 10.9 Å². The molecule has 1 aromatic heterocycles. The van der Waals surface area contributed by atoms with E-state index in [1.54, 1.807) is 6.07 Å². The monoisotopic (exact) mass is 226 g/mol. The zero-order chi connectivity index (χ0) is 11.7. The quantitative estimate of drug-likeness (QED) is 0.656. The molecule has 3 heteroatoms. The van der Waals surface area contributed by atoms with Crippen LogP contribution in [0, 0.1) is 5.82 Å². The summed E-state index contributed by atoms with van der Waals surface area (Å²) in [5.74, 6) is -0.248. The van der Waals surface area contributed by atoms with Crippen molar-refractivity contribution in [3.63, 3.8) is 0 Å². The van der Waals surface area contributed by atoms with E-state index in [1.807, 2.05) is 41.2 Å². The Labute approximate surface area is 98.3 Å². The molecule has 84 valence electrons. The van der Waals surface area contributed by atoms with E-state index in [-0.39, 0.29) is 5.82 Å². The van der Waals surface area contributed by atoms with Crippen LogP contribution in [0.3, 0.4) is 0 Å². The highest BCUT2D eigenvalue weighted by atomic mass is 19.1. The lowest BCUT2D eigenvalue weighted by molar-refractivity contribution is 0.628. The van der Waals surface area contributed by atoms with Crippen molar-refractivity contribution in [3.05, 3.63) is 66.1 Å². The van der Waals surface area contributed by atoms with Gasteiger partial charge in [-0.3, -0.25) is 4.68 Å². The molecule has 2 aromatic carbocycles. The molecule has 0 saturated heterocycles. The fourth-order valence-corrected chi connectivity index (χ4v) is 1.89.